The number of ether oxygens (including phenoxy) is 2. The number of likely N-dealkylation sites (N-methyl/N-ethyl adjacent to an activating group) is 1. The summed E-state index contributed by atoms with van der Waals surface area (Å²) in [6.07, 6.45) is -4.23. The number of benzene rings is 1. The van der Waals surface area contributed by atoms with Gasteiger partial charge in [0.25, 0.3) is 0 Å². The summed E-state index contributed by atoms with van der Waals surface area (Å²) in [6.45, 7) is 0.636. The van der Waals surface area contributed by atoms with Crippen LogP contribution in [0.2, 0.25) is 0 Å². The first-order chi connectivity index (χ1) is 11.7. The second-order valence-electron chi connectivity index (χ2n) is 6.72. The second-order valence-corrected chi connectivity index (χ2v) is 6.72. The third-order valence-electron chi connectivity index (χ3n) is 5.44. The Balaban J connectivity index is 2.12. The highest BCUT2D eigenvalue weighted by Crippen LogP contribution is 2.54. The van der Waals surface area contributed by atoms with Crippen molar-refractivity contribution < 1.29 is 27.8 Å². The van der Waals surface area contributed by atoms with Gasteiger partial charge >= 0.3 is 6.18 Å². The number of halogens is 3. The van der Waals surface area contributed by atoms with Crippen LogP contribution in [0.5, 0.6) is 11.5 Å². The number of alkyl halides is 3. The van der Waals surface area contributed by atoms with Crippen molar-refractivity contribution in [3.63, 3.8) is 0 Å². The Bertz CT molecular complexity index is 689. The van der Waals surface area contributed by atoms with E-state index in [4.69, 9.17) is 9.47 Å². The van der Waals surface area contributed by atoms with Gasteiger partial charge in [-0.2, -0.15) is 13.2 Å². The molecule has 1 aliphatic carbocycles. The van der Waals surface area contributed by atoms with Gasteiger partial charge < -0.3 is 19.5 Å². The lowest BCUT2D eigenvalue weighted by Crippen LogP contribution is -2.45. The smallest absolute Gasteiger partial charge is 0.394 e. The molecule has 1 N–H and O–H groups in total. The molecule has 0 amide bonds. The Kier molecular flexibility index (Phi) is 4.39. The van der Waals surface area contributed by atoms with Crippen LogP contribution in [0.3, 0.4) is 0 Å². The lowest BCUT2D eigenvalue weighted by atomic mass is 9.66. The number of hydrogen-bond donors (Lipinski definition) is 1. The van der Waals surface area contributed by atoms with Gasteiger partial charge in [0.1, 0.15) is 0 Å². The average molecular weight is 357 g/mol. The first kappa shape index (κ1) is 17.9. The third kappa shape index (κ3) is 2.84. The number of aliphatic hydroxyl groups excluding tert-OH is 1. The van der Waals surface area contributed by atoms with Gasteiger partial charge in [0.05, 0.1) is 26.2 Å². The molecule has 0 aromatic heterocycles. The summed E-state index contributed by atoms with van der Waals surface area (Å²) in [5.41, 5.74) is 0.711. The van der Waals surface area contributed by atoms with Gasteiger partial charge in [-0.1, -0.05) is 6.07 Å². The van der Waals surface area contributed by atoms with Crippen molar-refractivity contribution in [1.29, 1.82) is 0 Å². The Morgan fingerprint density at radius 3 is 2.48 bits per heavy atom. The first-order valence-electron chi connectivity index (χ1n) is 8.13. The van der Waals surface area contributed by atoms with Crippen LogP contribution in [0.25, 0.3) is 0 Å². The number of fused-ring (bicyclic) bond motifs is 1. The van der Waals surface area contributed by atoms with Crippen LogP contribution in [0, 0.1) is 5.92 Å². The summed E-state index contributed by atoms with van der Waals surface area (Å²) in [7, 11) is 4.86. The van der Waals surface area contributed by atoms with E-state index < -0.39 is 23.6 Å². The Morgan fingerprint density at radius 1 is 1.20 bits per heavy atom. The van der Waals surface area contributed by atoms with E-state index in [1.165, 1.54) is 20.3 Å². The molecule has 2 aliphatic rings. The monoisotopic (exact) mass is 357 g/mol. The van der Waals surface area contributed by atoms with Gasteiger partial charge in [0, 0.05) is 24.7 Å². The molecule has 1 saturated heterocycles. The second kappa shape index (κ2) is 6.12. The minimum absolute atomic E-state index is 0.177. The van der Waals surface area contributed by atoms with E-state index >= 15 is 0 Å². The molecule has 1 heterocycles. The molecule has 4 nitrogen and oxygen atoms in total. The summed E-state index contributed by atoms with van der Waals surface area (Å²) in [6, 6.07) is 5.25. The van der Waals surface area contributed by atoms with E-state index in [-0.39, 0.29) is 6.42 Å². The topological polar surface area (TPSA) is 41.9 Å². The molecule has 0 radical (unpaired) electrons. The number of allylic oxidation sites excluding steroid dienone is 1. The van der Waals surface area contributed by atoms with Crippen LogP contribution >= 0.6 is 0 Å². The van der Waals surface area contributed by atoms with Crippen LogP contribution in [0.1, 0.15) is 18.4 Å². The number of nitrogens with zero attached hydrogens (tertiary/aromatic N) is 1. The fourth-order valence-electron chi connectivity index (χ4n) is 4.09. The lowest BCUT2D eigenvalue weighted by Gasteiger charge is -2.41. The molecule has 3 rings (SSSR count). The molecule has 1 fully saturated rings. The molecule has 1 aliphatic heterocycles. The van der Waals surface area contributed by atoms with Crippen molar-refractivity contribution in [3.8, 4) is 11.5 Å². The lowest BCUT2D eigenvalue weighted by molar-refractivity contribution is -0.201. The highest BCUT2D eigenvalue weighted by Gasteiger charge is 2.55. The number of methoxy groups -OCH3 is 2. The standard InChI is InChI=1S/C18H22F3NO3/c1-22-7-6-17(11-4-5-14(24-2)15(8-11)25-3)10-12(18(19,20)21)13(23)9-16(17)22/h4-5,8-9,12-13,23H,6-7,10H2,1-3H3/t12-,13-,17+/m0/s1. The fourth-order valence-corrected chi connectivity index (χ4v) is 4.09. The van der Waals surface area contributed by atoms with Gasteiger partial charge in [0.2, 0.25) is 0 Å². The molecule has 25 heavy (non-hydrogen) atoms. The van der Waals surface area contributed by atoms with Crippen molar-refractivity contribution in [2.45, 2.75) is 30.5 Å². The van der Waals surface area contributed by atoms with Crippen LogP contribution in [0.15, 0.2) is 30.0 Å². The van der Waals surface area contributed by atoms with Crippen molar-refractivity contribution in [2.75, 3.05) is 27.8 Å². The SMILES string of the molecule is COc1ccc([C@]23CCN(C)C2=C[C@H](O)[C@@H](C(F)(F)F)C3)cc1OC. The van der Waals surface area contributed by atoms with E-state index in [0.717, 1.165) is 11.3 Å². The Labute approximate surface area is 144 Å². The normalized spacial score (nSPS) is 29.2. The molecule has 3 atom stereocenters. The number of rotatable bonds is 3. The van der Waals surface area contributed by atoms with Crippen molar-refractivity contribution >= 4 is 0 Å². The van der Waals surface area contributed by atoms with Gasteiger partial charge in [-0.25, -0.2) is 0 Å². The maximum atomic E-state index is 13.4. The Morgan fingerprint density at radius 2 is 1.88 bits per heavy atom. The summed E-state index contributed by atoms with van der Waals surface area (Å²) in [4.78, 5) is 1.92. The molecule has 7 heteroatoms. The fraction of sp³-hybridized carbons (Fsp3) is 0.556. The molecule has 1 aromatic carbocycles. The van der Waals surface area contributed by atoms with Crippen LogP contribution in [0.4, 0.5) is 13.2 Å². The van der Waals surface area contributed by atoms with Gasteiger partial charge in [-0.05, 0) is 36.6 Å². The van der Waals surface area contributed by atoms with Gasteiger partial charge in [0.15, 0.2) is 11.5 Å². The summed E-state index contributed by atoms with van der Waals surface area (Å²) in [5, 5.41) is 10.0. The first-order valence-corrected chi connectivity index (χ1v) is 8.13. The molecule has 0 spiro atoms. The van der Waals surface area contributed by atoms with Gasteiger partial charge in [-0.3, -0.25) is 0 Å². The molecule has 1 aromatic rings. The zero-order valence-electron chi connectivity index (χ0n) is 14.4. The predicted octanol–water partition coefficient (Wildman–Crippen LogP) is 3.10. The van der Waals surface area contributed by atoms with E-state index in [9.17, 15) is 18.3 Å². The Hall–Kier alpha value is -1.89. The third-order valence-corrected chi connectivity index (χ3v) is 5.44. The molecular formula is C18H22F3NO3. The van der Waals surface area contributed by atoms with E-state index in [0.29, 0.717) is 24.5 Å². The van der Waals surface area contributed by atoms with Crippen LogP contribution in [-0.4, -0.2) is 50.1 Å². The van der Waals surface area contributed by atoms with Gasteiger partial charge in [-0.15, -0.1) is 0 Å². The van der Waals surface area contributed by atoms with Crippen molar-refractivity contribution in [1.82, 2.24) is 4.90 Å². The van der Waals surface area contributed by atoms with Crippen molar-refractivity contribution in [3.05, 3.63) is 35.5 Å². The van der Waals surface area contributed by atoms with E-state index in [1.54, 1.807) is 18.2 Å². The average Bonchev–Trinajstić information content (AvgIpc) is 2.90. The number of hydrogen-bond acceptors (Lipinski definition) is 4. The van der Waals surface area contributed by atoms with E-state index in [2.05, 4.69) is 0 Å². The minimum Gasteiger partial charge on any atom is -0.493 e. The molecule has 138 valence electrons. The summed E-state index contributed by atoms with van der Waals surface area (Å²) in [5.74, 6) is -0.767. The highest BCUT2D eigenvalue weighted by atomic mass is 19.4. The largest absolute Gasteiger partial charge is 0.493 e. The number of aliphatic hydroxyl groups is 1. The zero-order valence-corrected chi connectivity index (χ0v) is 14.4. The van der Waals surface area contributed by atoms with Crippen LogP contribution in [-0.2, 0) is 5.41 Å². The summed E-state index contributed by atoms with van der Waals surface area (Å²) >= 11 is 0. The predicted molar refractivity (Wildman–Crippen MR) is 86.7 cm³/mol. The molecule has 0 unspecified atom stereocenters. The molecular weight excluding hydrogens is 335 g/mol. The van der Waals surface area contributed by atoms with Crippen molar-refractivity contribution in [2.24, 2.45) is 5.92 Å². The molecule has 0 saturated carbocycles. The maximum Gasteiger partial charge on any atom is 0.394 e. The quantitative estimate of drug-likeness (QED) is 0.903. The highest BCUT2D eigenvalue weighted by molar-refractivity contribution is 5.50. The van der Waals surface area contributed by atoms with Crippen LogP contribution < -0.4 is 9.47 Å². The summed E-state index contributed by atoms with van der Waals surface area (Å²) < 4.78 is 50.9. The van der Waals surface area contributed by atoms with E-state index in [1.807, 2.05) is 11.9 Å². The maximum absolute atomic E-state index is 13.4. The number of likely N-dealkylation sites (tertiary alicyclic amines) is 1. The zero-order chi connectivity index (χ0) is 18.4. The molecule has 0 bridgehead atoms. The minimum atomic E-state index is -4.45.